The number of nitrogens with one attached hydrogen (secondary N) is 1. The zero-order valence-electron chi connectivity index (χ0n) is 13.9. The van der Waals surface area contributed by atoms with Crippen LogP contribution in [0.15, 0.2) is 0 Å². The fourth-order valence-corrected chi connectivity index (χ4v) is 3.67. The lowest BCUT2D eigenvalue weighted by Gasteiger charge is -2.35. The average Bonchev–Trinajstić information content (AvgIpc) is 2.54. The van der Waals surface area contributed by atoms with Crippen LogP contribution in [0.3, 0.4) is 0 Å². The Bertz CT molecular complexity index is 307. The minimum Gasteiger partial charge on any atom is -0.342 e. The number of hydrogen-bond acceptors (Lipinski definition) is 3. The third kappa shape index (κ3) is 5.26. The molecule has 0 aromatic rings. The van der Waals surface area contributed by atoms with Gasteiger partial charge in [-0.1, -0.05) is 26.2 Å². The Morgan fingerprint density at radius 2 is 1.81 bits per heavy atom. The number of carbonyl (C=O) groups is 1. The normalized spacial score (nSPS) is 22.4. The third-order valence-electron chi connectivity index (χ3n) is 5.26. The van der Waals surface area contributed by atoms with E-state index in [4.69, 9.17) is 0 Å². The first kappa shape index (κ1) is 16.8. The van der Waals surface area contributed by atoms with E-state index in [1.165, 1.54) is 44.9 Å². The molecule has 0 unspecified atom stereocenters. The number of likely N-dealkylation sites (tertiary alicyclic amines) is 1. The molecule has 1 N–H and O–H groups in total. The lowest BCUT2D eigenvalue weighted by molar-refractivity contribution is -0.134. The zero-order valence-corrected chi connectivity index (χ0v) is 13.9. The van der Waals surface area contributed by atoms with Gasteiger partial charge in [0.25, 0.3) is 0 Å². The highest BCUT2D eigenvalue weighted by atomic mass is 16.2. The maximum atomic E-state index is 12.4. The van der Waals surface area contributed by atoms with Crippen LogP contribution in [0.25, 0.3) is 0 Å². The number of rotatable bonds is 6. The van der Waals surface area contributed by atoms with Gasteiger partial charge in [-0.25, -0.2) is 0 Å². The Kier molecular flexibility index (Phi) is 6.97. The van der Waals surface area contributed by atoms with Gasteiger partial charge in [0.15, 0.2) is 0 Å². The summed E-state index contributed by atoms with van der Waals surface area (Å²) in [5.41, 5.74) is 0. The van der Waals surface area contributed by atoms with Crippen LogP contribution in [0.1, 0.15) is 51.9 Å². The van der Waals surface area contributed by atoms with Crippen molar-refractivity contribution in [3.8, 4) is 0 Å². The van der Waals surface area contributed by atoms with Gasteiger partial charge in [-0.15, -0.1) is 0 Å². The summed E-state index contributed by atoms with van der Waals surface area (Å²) in [5.74, 6) is 1.12. The molecule has 0 spiro atoms. The lowest BCUT2D eigenvalue weighted by atomic mass is 9.94. The molecule has 0 atom stereocenters. The van der Waals surface area contributed by atoms with Crippen LogP contribution in [0.4, 0.5) is 0 Å². The maximum absolute atomic E-state index is 12.4. The summed E-state index contributed by atoms with van der Waals surface area (Å²) in [7, 11) is 2.01. The number of nitrogens with zero attached hydrogens (tertiary/aromatic N) is 2. The predicted molar refractivity (Wildman–Crippen MR) is 87.4 cm³/mol. The summed E-state index contributed by atoms with van der Waals surface area (Å²) in [6, 6.07) is 0.498. The number of hydrogen-bond donors (Lipinski definition) is 1. The van der Waals surface area contributed by atoms with Crippen LogP contribution < -0.4 is 5.32 Å². The molecule has 0 bridgehead atoms. The molecule has 2 fully saturated rings. The first-order chi connectivity index (χ1) is 10.2. The molecule has 0 aromatic heterocycles. The van der Waals surface area contributed by atoms with E-state index in [1.807, 2.05) is 11.9 Å². The van der Waals surface area contributed by atoms with Gasteiger partial charge in [0.1, 0.15) is 0 Å². The first-order valence-electron chi connectivity index (χ1n) is 8.89. The van der Waals surface area contributed by atoms with Gasteiger partial charge >= 0.3 is 0 Å². The van der Waals surface area contributed by atoms with Gasteiger partial charge in [0.2, 0.25) is 5.91 Å². The van der Waals surface area contributed by atoms with Crippen molar-refractivity contribution >= 4 is 5.91 Å². The van der Waals surface area contributed by atoms with E-state index >= 15 is 0 Å². The molecule has 21 heavy (non-hydrogen) atoms. The molecule has 122 valence electrons. The van der Waals surface area contributed by atoms with E-state index in [-0.39, 0.29) is 0 Å². The SMILES string of the molecule is CCNCC1CCN(CC(=O)N(C)C2CCCCC2)CC1. The van der Waals surface area contributed by atoms with E-state index in [0.29, 0.717) is 18.5 Å². The first-order valence-corrected chi connectivity index (χ1v) is 8.89. The van der Waals surface area contributed by atoms with E-state index in [9.17, 15) is 4.79 Å². The van der Waals surface area contributed by atoms with Crippen LogP contribution in [-0.2, 0) is 4.79 Å². The quantitative estimate of drug-likeness (QED) is 0.815. The van der Waals surface area contributed by atoms with Crippen molar-refractivity contribution in [1.82, 2.24) is 15.1 Å². The van der Waals surface area contributed by atoms with Crippen molar-refractivity contribution in [3.05, 3.63) is 0 Å². The van der Waals surface area contributed by atoms with Crippen molar-refractivity contribution in [2.24, 2.45) is 5.92 Å². The van der Waals surface area contributed by atoms with Crippen molar-refractivity contribution in [3.63, 3.8) is 0 Å². The Hall–Kier alpha value is -0.610. The zero-order chi connectivity index (χ0) is 15.1. The van der Waals surface area contributed by atoms with Crippen molar-refractivity contribution in [1.29, 1.82) is 0 Å². The van der Waals surface area contributed by atoms with Crippen LogP contribution in [0, 0.1) is 5.92 Å². The highest BCUT2D eigenvalue weighted by Crippen LogP contribution is 2.22. The van der Waals surface area contributed by atoms with E-state index in [2.05, 4.69) is 17.1 Å². The Morgan fingerprint density at radius 3 is 2.43 bits per heavy atom. The smallest absolute Gasteiger partial charge is 0.236 e. The maximum Gasteiger partial charge on any atom is 0.236 e. The molecule has 1 aliphatic heterocycles. The Balaban J connectivity index is 1.68. The number of amides is 1. The Labute approximate surface area is 130 Å². The molecular formula is C17H33N3O. The van der Waals surface area contributed by atoms with E-state index < -0.39 is 0 Å². The van der Waals surface area contributed by atoms with E-state index in [1.54, 1.807) is 0 Å². The molecule has 1 heterocycles. The summed E-state index contributed by atoms with van der Waals surface area (Å²) in [5, 5.41) is 3.44. The van der Waals surface area contributed by atoms with Gasteiger partial charge in [-0.3, -0.25) is 9.69 Å². The molecule has 0 radical (unpaired) electrons. The summed E-state index contributed by atoms with van der Waals surface area (Å²) in [6.07, 6.45) is 8.79. The molecule has 1 amide bonds. The Morgan fingerprint density at radius 1 is 1.14 bits per heavy atom. The minimum atomic E-state index is 0.326. The lowest BCUT2D eigenvalue weighted by Crippen LogP contribution is -2.46. The molecule has 1 saturated heterocycles. The summed E-state index contributed by atoms with van der Waals surface area (Å²) in [6.45, 7) is 7.15. The molecular weight excluding hydrogens is 262 g/mol. The third-order valence-corrected chi connectivity index (χ3v) is 5.26. The van der Waals surface area contributed by atoms with Gasteiger partial charge in [-0.05, 0) is 57.8 Å². The molecule has 1 saturated carbocycles. The van der Waals surface area contributed by atoms with Crippen LogP contribution in [0.2, 0.25) is 0 Å². The number of piperidine rings is 1. The molecule has 1 aliphatic carbocycles. The fraction of sp³-hybridized carbons (Fsp3) is 0.941. The monoisotopic (exact) mass is 295 g/mol. The van der Waals surface area contributed by atoms with Gasteiger partial charge in [0, 0.05) is 13.1 Å². The van der Waals surface area contributed by atoms with Crippen LogP contribution in [0.5, 0.6) is 0 Å². The van der Waals surface area contributed by atoms with Gasteiger partial charge in [0.05, 0.1) is 6.54 Å². The molecule has 4 heteroatoms. The summed E-state index contributed by atoms with van der Waals surface area (Å²) in [4.78, 5) is 16.8. The van der Waals surface area contributed by atoms with Crippen molar-refractivity contribution in [2.75, 3.05) is 39.8 Å². The second-order valence-electron chi connectivity index (χ2n) is 6.82. The van der Waals surface area contributed by atoms with Gasteiger partial charge in [-0.2, -0.15) is 0 Å². The topological polar surface area (TPSA) is 35.6 Å². The summed E-state index contributed by atoms with van der Waals surface area (Å²) >= 11 is 0. The second kappa shape index (κ2) is 8.74. The highest BCUT2D eigenvalue weighted by molar-refractivity contribution is 5.78. The predicted octanol–water partition coefficient (Wildman–Crippen LogP) is 2.10. The molecule has 4 nitrogen and oxygen atoms in total. The van der Waals surface area contributed by atoms with Gasteiger partial charge < -0.3 is 10.2 Å². The number of likely N-dealkylation sites (N-methyl/N-ethyl adjacent to an activating group) is 1. The minimum absolute atomic E-state index is 0.326. The highest BCUT2D eigenvalue weighted by Gasteiger charge is 2.25. The van der Waals surface area contributed by atoms with E-state index in [0.717, 1.165) is 32.1 Å². The second-order valence-corrected chi connectivity index (χ2v) is 6.82. The molecule has 2 rings (SSSR count). The molecule has 0 aromatic carbocycles. The van der Waals surface area contributed by atoms with Crippen LogP contribution in [-0.4, -0.2) is 61.5 Å². The van der Waals surface area contributed by atoms with Crippen molar-refractivity contribution < 1.29 is 4.79 Å². The fourth-order valence-electron chi connectivity index (χ4n) is 3.67. The number of carbonyl (C=O) groups excluding carboxylic acids is 1. The summed E-state index contributed by atoms with van der Waals surface area (Å²) < 4.78 is 0. The van der Waals surface area contributed by atoms with Crippen LogP contribution >= 0.6 is 0 Å². The average molecular weight is 295 g/mol. The standard InChI is InChI=1S/C17H33N3O/c1-3-18-13-15-9-11-20(12-10-15)14-17(21)19(2)16-7-5-4-6-8-16/h15-16,18H,3-14H2,1-2H3. The van der Waals surface area contributed by atoms with Crippen molar-refractivity contribution in [2.45, 2.75) is 57.9 Å². The largest absolute Gasteiger partial charge is 0.342 e. The molecule has 2 aliphatic rings.